The summed E-state index contributed by atoms with van der Waals surface area (Å²) in [5, 5.41) is 18.7. The van der Waals surface area contributed by atoms with Crippen LogP contribution < -0.4 is 10.5 Å². The summed E-state index contributed by atoms with van der Waals surface area (Å²) in [5.74, 6) is 0.540. The molecule has 4 atom stereocenters. The molecular weight excluding hydrogens is 334 g/mol. The van der Waals surface area contributed by atoms with E-state index in [-0.39, 0.29) is 24.9 Å². The number of pyridine rings is 2. The molecule has 0 aliphatic carbocycles. The van der Waals surface area contributed by atoms with Crippen LogP contribution in [0.25, 0.3) is 17.1 Å². The lowest BCUT2D eigenvalue weighted by molar-refractivity contribution is -0.0648. The van der Waals surface area contributed by atoms with E-state index < -0.39 is 6.10 Å². The van der Waals surface area contributed by atoms with Crippen molar-refractivity contribution in [3.63, 3.8) is 0 Å². The number of hydrogen-bond acceptors (Lipinski definition) is 7. The van der Waals surface area contributed by atoms with Gasteiger partial charge in [0.15, 0.2) is 0 Å². The Kier molecular flexibility index (Phi) is 6.16. The Morgan fingerprint density at radius 2 is 2.23 bits per heavy atom. The smallest absolute Gasteiger partial charge is 0.213 e. The van der Waals surface area contributed by atoms with E-state index in [1.165, 1.54) is 0 Å². The van der Waals surface area contributed by atoms with Gasteiger partial charge >= 0.3 is 0 Å². The molecule has 1 aliphatic heterocycles. The fraction of sp³-hybridized carbons (Fsp3) is 0.474. The molecule has 7 nitrogen and oxygen atoms in total. The first-order valence-corrected chi connectivity index (χ1v) is 8.78. The molecule has 2 aromatic heterocycles. The minimum atomic E-state index is -0.811. The first-order valence-electron chi connectivity index (χ1n) is 8.78. The summed E-state index contributed by atoms with van der Waals surface area (Å²) >= 11 is 0. The molecule has 0 radical (unpaired) electrons. The van der Waals surface area contributed by atoms with E-state index >= 15 is 0 Å². The van der Waals surface area contributed by atoms with Crippen molar-refractivity contribution in [2.45, 2.75) is 43.6 Å². The van der Waals surface area contributed by atoms with Crippen molar-refractivity contribution in [2.75, 3.05) is 13.7 Å². The maximum atomic E-state index is 9.66. The summed E-state index contributed by atoms with van der Waals surface area (Å²) in [7, 11) is 1.58. The molecule has 2 aromatic rings. The van der Waals surface area contributed by atoms with Crippen LogP contribution in [0.5, 0.6) is 5.88 Å². The number of hydrogen-bond donors (Lipinski definition) is 3. The second kappa shape index (κ2) is 8.55. The van der Waals surface area contributed by atoms with Crippen molar-refractivity contribution in [1.82, 2.24) is 9.97 Å². The summed E-state index contributed by atoms with van der Waals surface area (Å²) in [6, 6.07) is 5.42. The van der Waals surface area contributed by atoms with Crippen LogP contribution in [0, 0.1) is 0 Å². The summed E-state index contributed by atoms with van der Waals surface area (Å²) in [6.45, 7) is -0.288. The highest BCUT2D eigenvalue weighted by molar-refractivity contribution is 5.84. The predicted molar refractivity (Wildman–Crippen MR) is 98.7 cm³/mol. The van der Waals surface area contributed by atoms with E-state index in [1.807, 2.05) is 24.3 Å². The summed E-state index contributed by atoms with van der Waals surface area (Å²) < 4.78 is 11.2. The quantitative estimate of drug-likeness (QED) is 0.712. The Morgan fingerprint density at radius 3 is 3.00 bits per heavy atom. The Bertz CT molecular complexity index is 768. The molecule has 4 N–H and O–H groups in total. The number of methoxy groups -OCH3 is 1. The number of nitrogens with two attached hydrogens (primary N) is 1. The van der Waals surface area contributed by atoms with Gasteiger partial charge in [0.2, 0.25) is 5.88 Å². The number of fused-ring (bicyclic) bond motifs is 1. The van der Waals surface area contributed by atoms with E-state index in [2.05, 4.69) is 9.97 Å². The number of ether oxygens (including phenoxy) is 2. The minimum absolute atomic E-state index is 0.0977. The first kappa shape index (κ1) is 18.7. The molecule has 7 heteroatoms. The van der Waals surface area contributed by atoms with E-state index in [9.17, 15) is 5.11 Å². The molecule has 0 saturated carbocycles. The van der Waals surface area contributed by atoms with Crippen molar-refractivity contribution >= 4 is 17.1 Å². The van der Waals surface area contributed by atoms with Crippen molar-refractivity contribution in [3.8, 4) is 5.88 Å². The molecule has 140 valence electrons. The molecule has 0 amide bonds. The Labute approximate surface area is 152 Å². The highest BCUT2D eigenvalue weighted by Crippen LogP contribution is 2.24. The van der Waals surface area contributed by atoms with Crippen molar-refractivity contribution in [3.05, 3.63) is 36.0 Å². The molecule has 0 aromatic carbocycles. The maximum absolute atomic E-state index is 9.66. The largest absolute Gasteiger partial charge is 0.481 e. The van der Waals surface area contributed by atoms with Crippen LogP contribution >= 0.6 is 0 Å². The van der Waals surface area contributed by atoms with Crippen LogP contribution in [0.4, 0.5) is 0 Å². The highest BCUT2D eigenvalue weighted by atomic mass is 16.5. The summed E-state index contributed by atoms with van der Waals surface area (Å²) in [5.41, 5.74) is 8.58. The van der Waals surface area contributed by atoms with Gasteiger partial charge in [-0.3, -0.25) is 4.98 Å². The highest BCUT2D eigenvalue weighted by Gasteiger charge is 2.29. The molecule has 26 heavy (non-hydrogen) atoms. The molecule has 3 heterocycles. The van der Waals surface area contributed by atoms with Gasteiger partial charge in [0.1, 0.15) is 0 Å². The van der Waals surface area contributed by atoms with Gasteiger partial charge in [-0.1, -0.05) is 12.2 Å². The van der Waals surface area contributed by atoms with Gasteiger partial charge in [-0.25, -0.2) is 4.98 Å². The third kappa shape index (κ3) is 4.37. The van der Waals surface area contributed by atoms with Gasteiger partial charge in [-0.2, -0.15) is 0 Å². The summed E-state index contributed by atoms with van der Waals surface area (Å²) in [4.78, 5) is 8.80. The van der Waals surface area contributed by atoms with Crippen LogP contribution in [0.15, 0.2) is 30.5 Å². The monoisotopic (exact) mass is 359 g/mol. The average molecular weight is 359 g/mol. The third-order valence-electron chi connectivity index (χ3n) is 4.62. The van der Waals surface area contributed by atoms with Crippen LogP contribution in [-0.4, -0.2) is 58.3 Å². The molecule has 1 aliphatic rings. The second-order valence-electron chi connectivity index (χ2n) is 6.51. The van der Waals surface area contributed by atoms with Crippen molar-refractivity contribution in [1.29, 1.82) is 0 Å². The van der Waals surface area contributed by atoms with Crippen molar-refractivity contribution in [2.24, 2.45) is 5.73 Å². The molecular formula is C19H25N3O4. The lowest BCUT2D eigenvalue weighted by Crippen LogP contribution is -2.45. The molecule has 3 rings (SSSR count). The van der Waals surface area contributed by atoms with Gasteiger partial charge in [0.25, 0.3) is 0 Å². The van der Waals surface area contributed by atoms with E-state index in [4.69, 9.17) is 20.3 Å². The van der Waals surface area contributed by atoms with Crippen molar-refractivity contribution < 1.29 is 19.7 Å². The maximum Gasteiger partial charge on any atom is 0.213 e. The SMILES string of the molecule is COc1ccc2nccc(C=CC3CCC(N)C(CC(O)CO)O3)c2n1. The zero-order valence-corrected chi connectivity index (χ0v) is 14.8. The Morgan fingerprint density at radius 1 is 1.38 bits per heavy atom. The Balaban J connectivity index is 1.76. The van der Waals surface area contributed by atoms with Gasteiger partial charge < -0.3 is 25.4 Å². The normalized spacial score (nSPS) is 24.8. The van der Waals surface area contributed by atoms with Crippen LogP contribution in [-0.2, 0) is 4.74 Å². The number of aromatic nitrogens is 2. The molecule has 1 saturated heterocycles. The first-order chi connectivity index (χ1) is 12.6. The van der Waals surface area contributed by atoms with E-state index in [0.29, 0.717) is 12.3 Å². The fourth-order valence-electron chi connectivity index (χ4n) is 3.14. The number of rotatable bonds is 6. The van der Waals surface area contributed by atoms with Crippen LogP contribution in [0.2, 0.25) is 0 Å². The molecule has 0 bridgehead atoms. The van der Waals surface area contributed by atoms with Crippen LogP contribution in [0.3, 0.4) is 0 Å². The van der Waals surface area contributed by atoms with Gasteiger partial charge in [-0.15, -0.1) is 0 Å². The van der Waals surface area contributed by atoms with Crippen LogP contribution in [0.1, 0.15) is 24.8 Å². The molecule has 4 unspecified atom stereocenters. The number of nitrogens with zero attached hydrogens (tertiary/aromatic N) is 2. The van der Waals surface area contributed by atoms with E-state index in [0.717, 1.165) is 29.4 Å². The summed E-state index contributed by atoms with van der Waals surface area (Å²) in [6.07, 6.45) is 6.47. The van der Waals surface area contributed by atoms with Gasteiger partial charge in [0, 0.05) is 30.3 Å². The molecule has 0 spiro atoms. The molecule has 1 fully saturated rings. The lowest BCUT2D eigenvalue weighted by Gasteiger charge is -2.34. The standard InChI is InChI=1S/C19H25N3O4/c1-25-18-7-6-16-19(22-18)12(8-9-21-16)2-3-14-4-5-15(20)17(26-14)10-13(24)11-23/h2-3,6-9,13-15,17,23-24H,4-5,10-11,20H2,1H3. The minimum Gasteiger partial charge on any atom is -0.481 e. The van der Waals surface area contributed by atoms with Gasteiger partial charge in [-0.05, 0) is 25.0 Å². The number of aliphatic hydroxyl groups excluding tert-OH is 2. The lowest BCUT2D eigenvalue weighted by atomic mass is 9.95. The average Bonchev–Trinajstić information content (AvgIpc) is 2.67. The topological polar surface area (TPSA) is 111 Å². The fourth-order valence-corrected chi connectivity index (χ4v) is 3.14. The van der Waals surface area contributed by atoms with Gasteiger partial charge in [0.05, 0.1) is 43.1 Å². The zero-order valence-electron chi connectivity index (χ0n) is 14.8. The predicted octanol–water partition coefficient (Wildman–Crippen LogP) is 1.27. The number of aliphatic hydroxyl groups is 2. The third-order valence-corrected chi connectivity index (χ3v) is 4.62. The zero-order chi connectivity index (χ0) is 18.5. The second-order valence-corrected chi connectivity index (χ2v) is 6.51. The Hall–Kier alpha value is -2.06. The van der Waals surface area contributed by atoms with E-state index in [1.54, 1.807) is 19.4 Å².